The summed E-state index contributed by atoms with van der Waals surface area (Å²) >= 11 is 1.47. The maximum absolute atomic E-state index is 12.0. The van der Waals surface area contributed by atoms with Gasteiger partial charge in [0.05, 0.1) is 15.3 Å². The lowest BCUT2D eigenvalue weighted by atomic mass is 10.2. The van der Waals surface area contributed by atoms with Crippen molar-refractivity contribution in [3.05, 3.63) is 53.2 Å². The SMILES string of the molecule is CS(=O)(=O)c1ccc(C(=O)OCc2nc(-c3cccs3)no2)cc1. The second-order valence-electron chi connectivity index (χ2n) is 4.86. The molecular weight excluding hydrogens is 352 g/mol. The number of ether oxygens (including phenoxy) is 1. The molecule has 0 spiro atoms. The Labute approximate surface area is 141 Å². The Hall–Kier alpha value is -2.52. The number of esters is 1. The molecule has 1 aromatic carbocycles. The molecule has 0 amide bonds. The van der Waals surface area contributed by atoms with Gasteiger partial charge in [0.2, 0.25) is 5.82 Å². The van der Waals surface area contributed by atoms with E-state index in [1.54, 1.807) is 0 Å². The van der Waals surface area contributed by atoms with Gasteiger partial charge in [0.15, 0.2) is 16.4 Å². The molecule has 7 nitrogen and oxygen atoms in total. The first-order valence-corrected chi connectivity index (χ1v) is 9.54. The fraction of sp³-hybridized carbons (Fsp3) is 0.133. The third-order valence-electron chi connectivity index (χ3n) is 3.05. The van der Waals surface area contributed by atoms with Crippen molar-refractivity contribution in [3.63, 3.8) is 0 Å². The smallest absolute Gasteiger partial charge is 0.338 e. The number of thiophene rings is 1. The minimum atomic E-state index is -3.30. The van der Waals surface area contributed by atoms with Crippen LogP contribution in [0.3, 0.4) is 0 Å². The number of nitrogens with zero attached hydrogens (tertiary/aromatic N) is 2. The molecule has 0 saturated carbocycles. The molecule has 0 N–H and O–H groups in total. The zero-order chi connectivity index (χ0) is 17.2. The van der Waals surface area contributed by atoms with Gasteiger partial charge in [-0.05, 0) is 35.7 Å². The number of aromatic nitrogens is 2. The third kappa shape index (κ3) is 3.69. The van der Waals surface area contributed by atoms with Gasteiger partial charge in [0.1, 0.15) is 0 Å². The zero-order valence-electron chi connectivity index (χ0n) is 12.5. The van der Waals surface area contributed by atoms with Gasteiger partial charge < -0.3 is 9.26 Å². The summed E-state index contributed by atoms with van der Waals surface area (Å²) in [5, 5.41) is 5.71. The van der Waals surface area contributed by atoms with Crippen molar-refractivity contribution in [2.24, 2.45) is 0 Å². The van der Waals surface area contributed by atoms with Gasteiger partial charge in [0.25, 0.3) is 5.89 Å². The van der Waals surface area contributed by atoms with E-state index in [-0.39, 0.29) is 23.0 Å². The number of sulfone groups is 1. The molecular formula is C15H12N2O5S2. The minimum absolute atomic E-state index is 0.136. The highest BCUT2D eigenvalue weighted by molar-refractivity contribution is 7.90. The summed E-state index contributed by atoms with van der Waals surface area (Å²) in [5.41, 5.74) is 0.236. The van der Waals surface area contributed by atoms with Crippen LogP contribution < -0.4 is 0 Å². The minimum Gasteiger partial charge on any atom is -0.452 e. The topological polar surface area (TPSA) is 99.4 Å². The van der Waals surface area contributed by atoms with Crippen molar-refractivity contribution >= 4 is 27.1 Å². The Morgan fingerprint density at radius 2 is 2.00 bits per heavy atom. The van der Waals surface area contributed by atoms with Crippen molar-refractivity contribution in [1.82, 2.24) is 10.1 Å². The average Bonchev–Trinajstić information content (AvgIpc) is 3.23. The molecule has 0 saturated heterocycles. The highest BCUT2D eigenvalue weighted by atomic mass is 32.2. The molecule has 0 fully saturated rings. The van der Waals surface area contributed by atoms with E-state index in [9.17, 15) is 13.2 Å². The van der Waals surface area contributed by atoms with Crippen molar-refractivity contribution < 1.29 is 22.5 Å². The van der Waals surface area contributed by atoms with E-state index in [0.717, 1.165) is 11.1 Å². The Balaban J connectivity index is 1.63. The van der Waals surface area contributed by atoms with E-state index in [0.29, 0.717) is 5.82 Å². The molecule has 0 aliphatic heterocycles. The van der Waals surface area contributed by atoms with Crippen LogP contribution in [0.4, 0.5) is 0 Å². The monoisotopic (exact) mass is 364 g/mol. The van der Waals surface area contributed by atoms with Crippen molar-refractivity contribution in [2.75, 3.05) is 6.26 Å². The predicted molar refractivity (Wildman–Crippen MR) is 86.3 cm³/mol. The number of benzene rings is 1. The summed E-state index contributed by atoms with van der Waals surface area (Å²) in [5.74, 6) is 0.0129. The molecule has 0 aliphatic rings. The molecule has 2 aromatic heterocycles. The van der Waals surface area contributed by atoms with Crippen LogP contribution in [0.5, 0.6) is 0 Å². The standard InChI is InChI=1S/C15H12N2O5S2/c1-24(19,20)11-6-4-10(5-7-11)15(18)21-9-13-16-14(17-22-13)12-3-2-8-23-12/h2-8H,9H2,1H3. The van der Waals surface area contributed by atoms with Gasteiger partial charge in [-0.15, -0.1) is 11.3 Å². The second-order valence-corrected chi connectivity index (χ2v) is 7.83. The van der Waals surface area contributed by atoms with Gasteiger partial charge in [0, 0.05) is 6.26 Å². The van der Waals surface area contributed by atoms with Crippen LogP contribution >= 0.6 is 11.3 Å². The van der Waals surface area contributed by atoms with Gasteiger partial charge in [-0.3, -0.25) is 0 Å². The van der Waals surface area contributed by atoms with E-state index < -0.39 is 15.8 Å². The predicted octanol–water partition coefficient (Wildman–Crippen LogP) is 2.56. The fourth-order valence-corrected chi connectivity index (χ4v) is 3.15. The van der Waals surface area contributed by atoms with E-state index in [4.69, 9.17) is 9.26 Å². The lowest BCUT2D eigenvalue weighted by molar-refractivity contribution is 0.0429. The van der Waals surface area contributed by atoms with Crippen LogP contribution in [0, 0.1) is 0 Å². The molecule has 0 aliphatic carbocycles. The number of hydrogen-bond acceptors (Lipinski definition) is 8. The largest absolute Gasteiger partial charge is 0.452 e. The molecule has 3 rings (SSSR count). The Bertz CT molecular complexity index is 944. The Morgan fingerprint density at radius 1 is 1.25 bits per heavy atom. The number of hydrogen-bond donors (Lipinski definition) is 0. The first-order valence-electron chi connectivity index (χ1n) is 6.77. The first-order chi connectivity index (χ1) is 11.4. The van der Waals surface area contributed by atoms with E-state index in [1.807, 2.05) is 17.5 Å². The lowest BCUT2D eigenvalue weighted by Gasteiger charge is -2.03. The summed E-state index contributed by atoms with van der Waals surface area (Å²) in [4.78, 5) is 17.1. The van der Waals surface area contributed by atoms with E-state index in [2.05, 4.69) is 10.1 Å². The molecule has 0 unspecified atom stereocenters. The highest BCUT2D eigenvalue weighted by Gasteiger charge is 2.14. The maximum atomic E-state index is 12.0. The molecule has 0 bridgehead atoms. The van der Waals surface area contributed by atoms with Crippen LogP contribution in [0.25, 0.3) is 10.7 Å². The Morgan fingerprint density at radius 3 is 2.62 bits per heavy atom. The lowest BCUT2D eigenvalue weighted by Crippen LogP contribution is -2.06. The van der Waals surface area contributed by atoms with Crippen molar-refractivity contribution in [1.29, 1.82) is 0 Å². The molecule has 9 heteroatoms. The van der Waals surface area contributed by atoms with Crippen LogP contribution in [0.2, 0.25) is 0 Å². The summed E-state index contributed by atoms with van der Waals surface area (Å²) in [7, 11) is -3.30. The molecule has 2 heterocycles. The van der Waals surface area contributed by atoms with Gasteiger partial charge in [-0.25, -0.2) is 13.2 Å². The van der Waals surface area contributed by atoms with Gasteiger partial charge in [-0.2, -0.15) is 4.98 Å². The quantitative estimate of drug-likeness (QED) is 0.641. The van der Waals surface area contributed by atoms with E-state index >= 15 is 0 Å². The van der Waals surface area contributed by atoms with Crippen molar-refractivity contribution in [3.8, 4) is 10.7 Å². The molecule has 124 valence electrons. The maximum Gasteiger partial charge on any atom is 0.338 e. The molecule has 3 aromatic rings. The summed E-state index contributed by atoms with van der Waals surface area (Å²) in [6, 6.07) is 9.22. The third-order valence-corrected chi connectivity index (χ3v) is 5.05. The van der Waals surface area contributed by atoms with Crippen LogP contribution in [0.15, 0.2) is 51.2 Å². The number of rotatable bonds is 5. The van der Waals surface area contributed by atoms with Crippen molar-refractivity contribution in [2.45, 2.75) is 11.5 Å². The zero-order valence-corrected chi connectivity index (χ0v) is 14.1. The van der Waals surface area contributed by atoms with Crippen LogP contribution in [-0.4, -0.2) is 30.8 Å². The molecule has 24 heavy (non-hydrogen) atoms. The van der Waals surface area contributed by atoms with Crippen LogP contribution in [-0.2, 0) is 21.2 Å². The molecule has 0 radical (unpaired) electrons. The van der Waals surface area contributed by atoms with Crippen LogP contribution in [0.1, 0.15) is 16.2 Å². The average molecular weight is 364 g/mol. The normalized spacial score (nSPS) is 11.4. The second kappa shape index (κ2) is 6.54. The first kappa shape index (κ1) is 16.3. The fourth-order valence-electron chi connectivity index (χ4n) is 1.87. The summed E-state index contributed by atoms with van der Waals surface area (Å²) in [6.45, 7) is -0.162. The summed E-state index contributed by atoms with van der Waals surface area (Å²) < 4.78 is 32.9. The molecule has 0 atom stereocenters. The van der Waals surface area contributed by atoms with E-state index in [1.165, 1.54) is 35.6 Å². The number of carbonyl (C=O) groups is 1. The van der Waals surface area contributed by atoms with Gasteiger partial charge in [-0.1, -0.05) is 11.2 Å². The highest BCUT2D eigenvalue weighted by Crippen LogP contribution is 2.21. The number of carbonyl (C=O) groups excluding carboxylic acids is 1. The Kier molecular flexibility index (Phi) is 4.45. The summed E-state index contributed by atoms with van der Waals surface area (Å²) in [6.07, 6.45) is 1.10. The van der Waals surface area contributed by atoms with Gasteiger partial charge >= 0.3 is 5.97 Å².